The molecule has 33 heavy (non-hydrogen) atoms. The van der Waals surface area contributed by atoms with Crippen LogP contribution in [0, 0.1) is 20.8 Å². The number of amides is 1. The predicted molar refractivity (Wildman–Crippen MR) is 134 cm³/mol. The van der Waals surface area contributed by atoms with Crippen LogP contribution in [0.25, 0.3) is 6.08 Å². The molecule has 1 amide bonds. The molecular weight excluding hydrogens is 408 g/mol. The van der Waals surface area contributed by atoms with E-state index in [1.54, 1.807) is 6.08 Å². The number of benzene rings is 2. The lowest BCUT2D eigenvalue weighted by Crippen LogP contribution is -2.43. The first-order valence-corrected chi connectivity index (χ1v) is 11.8. The van der Waals surface area contributed by atoms with Gasteiger partial charge in [0.25, 0.3) is 0 Å². The van der Waals surface area contributed by atoms with Crippen molar-refractivity contribution in [3.63, 3.8) is 0 Å². The second-order valence-corrected chi connectivity index (χ2v) is 9.11. The van der Waals surface area contributed by atoms with Crippen LogP contribution in [-0.4, -0.2) is 39.7 Å². The number of nitrogens with one attached hydrogen (secondary N) is 1. The van der Waals surface area contributed by atoms with Crippen molar-refractivity contribution in [1.82, 2.24) is 20.0 Å². The minimum atomic E-state index is -0.0263. The number of likely N-dealkylation sites (tertiary alicyclic amines) is 1. The summed E-state index contributed by atoms with van der Waals surface area (Å²) in [5.41, 5.74) is 6.86. The Hall–Kier alpha value is -3.18. The summed E-state index contributed by atoms with van der Waals surface area (Å²) in [6, 6.07) is 19.3. The van der Waals surface area contributed by atoms with Gasteiger partial charge in [0.05, 0.1) is 12.2 Å². The molecule has 1 aliphatic rings. The summed E-state index contributed by atoms with van der Waals surface area (Å²) in [5, 5.41) is 7.88. The van der Waals surface area contributed by atoms with Crippen molar-refractivity contribution in [2.45, 2.75) is 52.7 Å². The fourth-order valence-electron chi connectivity index (χ4n) is 4.46. The second kappa shape index (κ2) is 10.6. The van der Waals surface area contributed by atoms with Gasteiger partial charge in [0.1, 0.15) is 0 Å². The normalized spacial score (nSPS) is 15.2. The third kappa shape index (κ3) is 6.20. The van der Waals surface area contributed by atoms with E-state index in [1.165, 1.54) is 16.7 Å². The topological polar surface area (TPSA) is 50.2 Å². The van der Waals surface area contributed by atoms with Crippen molar-refractivity contribution in [3.8, 4) is 0 Å². The SMILES string of the molecule is Cc1ccc(Cn2nc(C)c(C=CC(=O)NC3CCN(Cc4ccccc4)CC3)c2C)cc1. The van der Waals surface area contributed by atoms with Gasteiger partial charge < -0.3 is 5.32 Å². The van der Waals surface area contributed by atoms with E-state index in [0.717, 1.165) is 56.0 Å². The van der Waals surface area contributed by atoms with Gasteiger partial charge in [-0.2, -0.15) is 5.10 Å². The monoisotopic (exact) mass is 442 g/mol. The molecule has 1 saturated heterocycles. The lowest BCUT2D eigenvalue weighted by Gasteiger charge is -2.32. The molecule has 0 atom stereocenters. The summed E-state index contributed by atoms with van der Waals surface area (Å²) in [4.78, 5) is 15.0. The van der Waals surface area contributed by atoms with Crippen LogP contribution in [0.2, 0.25) is 0 Å². The summed E-state index contributed by atoms with van der Waals surface area (Å²) in [5.74, 6) is -0.0263. The Morgan fingerprint density at radius 1 is 0.970 bits per heavy atom. The van der Waals surface area contributed by atoms with Crippen molar-refractivity contribution >= 4 is 12.0 Å². The number of carbonyl (C=O) groups excluding carboxylic acids is 1. The molecule has 0 unspecified atom stereocenters. The van der Waals surface area contributed by atoms with Crippen molar-refractivity contribution in [3.05, 3.63) is 94.3 Å². The first kappa shape index (κ1) is 23.0. The summed E-state index contributed by atoms with van der Waals surface area (Å²) < 4.78 is 2.01. The summed E-state index contributed by atoms with van der Waals surface area (Å²) in [6.45, 7) is 9.88. The number of nitrogens with zero attached hydrogens (tertiary/aromatic N) is 3. The summed E-state index contributed by atoms with van der Waals surface area (Å²) in [7, 11) is 0. The van der Waals surface area contributed by atoms with Crippen molar-refractivity contribution in [2.24, 2.45) is 0 Å². The van der Waals surface area contributed by atoms with E-state index in [9.17, 15) is 4.79 Å². The first-order valence-electron chi connectivity index (χ1n) is 11.8. The van der Waals surface area contributed by atoms with Gasteiger partial charge >= 0.3 is 0 Å². The highest BCUT2D eigenvalue weighted by Gasteiger charge is 2.20. The third-order valence-corrected chi connectivity index (χ3v) is 6.47. The molecule has 0 saturated carbocycles. The fraction of sp³-hybridized carbons (Fsp3) is 0.357. The molecule has 5 heteroatoms. The Labute approximate surface area is 197 Å². The Morgan fingerprint density at radius 2 is 1.64 bits per heavy atom. The number of rotatable bonds is 7. The van der Waals surface area contributed by atoms with Gasteiger partial charge in [-0.3, -0.25) is 14.4 Å². The molecule has 4 rings (SSSR count). The Bertz CT molecular complexity index is 1090. The van der Waals surface area contributed by atoms with Gasteiger partial charge in [0.2, 0.25) is 5.91 Å². The quantitative estimate of drug-likeness (QED) is 0.542. The molecule has 0 aliphatic carbocycles. The van der Waals surface area contributed by atoms with E-state index in [-0.39, 0.29) is 11.9 Å². The molecule has 1 aliphatic heterocycles. The highest BCUT2D eigenvalue weighted by molar-refractivity contribution is 5.92. The molecule has 172 valence electrons. The molecule has 3 aromatic rings. The van der Waals surface area contributed by atoms with E-state index in [4.69, 9.17) is 5.10 Å². The third-order valence-electron chi connectivity index (χ3n) is 6.47. The number of carbonyl (C=O) groups is 1. The van der Waals surface area contributed by atoms with Crippen LogP contribution in [0.1, 0.15) is 46.5 Å². The predicted octanol–water partition coefficient (Wildman–Crippen LogP) is 4.65. The molecule has 1 N–H and O–H groups in total. The fourth-order valence-corrected chi connectivity index (χ4v) is 4.46. The molecule has 2 aromatic carbocycles. The van der Waals surface area contributed by atoms with E-state index in [1.807, 2.05) is 17.7 Å². The highest BCUT2D eigenvalue weighted by atomic mass is 16.1. The number of hydrogen-bond acceptors (Lipinski definition) is 3. The van der Waals surface area contributed by atoms with E-state index < -0.39 is 0 Å². The molecule has 1 fully saturated rings. The number of aromatic nitrogens is 2. The molecule has 0 spiro atoms. The largest absolute Gasteiger partial charge is 0.350 e. The van der Waals surface area contributed by atoms with Crippen molar-refractivity contribution in [2.75, 3.05) is 13.1 Å². The maximum atomic E-state index is 12.6. The second-order valence-electron chi connectivity index (χ2n) is 9.11. The highest BCUT2D eigenvalue weighted by Crippen LogP contribution is 2.17. The zero-order chi connectivity index (χ0) is 23.2. The van der Waals surface area contributed by atoms with Gasteiger partial charge in [0.15, 0.2) is 0 Å². The van der Waals surface area contributed by atoms with E-state index >= 15 is 0 Å². The van der Waals surface area contributed by atoms with Crippen LogP contribution in [0.15, 0.2) is 60.7 Å². The number of hydrogen-bond donors (Lipinski definition) is 1. The summed E-state index contributed by atoms with van der Waals surface area (Å²) in [6.07, 6.45) is 5.53. The van der Waals surface area contributed by atoms with Crippen molar-refractivity contribution < 1.29 is 4.79 Å². The van der Waals surface area contributed by atoms with Gasteiger partial charge in [-0.05, 0) is 50.8 Å². The van der Waals surface area contributed by atoms with Gasteiger partial charge in [-0.1, -0.05) is 60.2 Å². The molecule has 1 aromatic heterocycles. The van der Waals surface area contributed by atoms with Crippen LogP contribution in [-0.2, 0) is 17.9 Å². The molecule has 5 nitrogen and oxygen atoms in total. The average molecular weight is 443 g/mol. The maximum absolute atomic E-state index is 12.6. The standard InChI is InChI=1S/C28H34N4O/c1-21-9-11-25(12-10-21)20-32-23(3)27(22(2)30-32)13-14-28(33)29-26-15-17-31(18-16-26)19-24-7-5-4-6-8-24/h4-14,26H,15-20H2,1-3H3,(H,29,33). The number of aryl methyl sites for hydroxylation is 2. The average Bonchev–Trinajstić information content (AvgIpc) is 3.08. The lowest BCUT2D eigenvalue weighted by molar-refractivity contribution is -0.117. The van der Waals surface area contributed by atoms with Crippen LogP contribution < -0.4 is 5.32 Å². The minimum absolute atomic E-state index is 0.0263. The Kier molecular flexibility index (Phi) is 7.40. The molecule has 0 bridgehead atoms. The molecule has 2 heterocycles. The Morgan fingerprint density at radius 3 is 2.33 bits per heavy atom. The minimum Gasteiger partial charge on any atom is -0.350 e. The number of piperidine rings is 1. The van der Waals surface area contributed by atoms with Crippen molar-refractivity contribution in [1.29, 1.82) is 0 Å². The first-order chi connectivity index (χ1) is 16.0. The maximum Gasteiger partial charge on any atom is 0.244 e. The zero-order valence-corrected chi connectivity index (χ0v) is 19.9. The van der Waals surface area contributed by atoms with Gasteiger partial charge in [-0.25, -0.2) is 0 Å². The molecular formula is C28H34N4O. The summed E-state index contributed by atoms with van der Waals surface area (Å²) >= 11 is 0. The van der Waals surface area contributed by atoms with Gasteiger partial charge in [-0.15, -0.1) is 0 Å². The van der Waals surface area contributed by atoms with Crippen LogP contribution in [0.3, 0.4) is 0 Å². The molecule has 0 radical (unpaired) electrons. The van der Waals surface area contributed by atoms with E-state index in [2.05, 4.69) is 78.7 Å². The Balaban J connectivity index is 1.29. The van der Waals surface area contributed by atoms with Crippen LogP contribution in [0.4, 0.5) is 0 Å². The van der Waals surface area contributed by atoms with Gasteiger partial charge in [0, 0.05) is 43.0 Å². The van der Waals surface area contributed by atoms with E-state index in [0.29, 0.717) is 0 Å². The smallest absolute Gasteiger partial charge is 0.244 e. The zero-order valence-electron chi connectivity index (χ0n) is 19.9. The lowest BCUT2D eigenvalue weighted by atomic mass is 10.0. The van der Waals surface area contributed by atoms with Crippen LogP contribution in [0.5, 0.6) is 0 Å². The van der Waals surface area contributed by atoms with Crippen LogP contribution >= 0.6 is 0 Å².